The first-order valence-corrected chi connectivity index (χ1v) is 4.91. The fourth-order valence-corrected chi connectivity index (χ4v) is 1.06. The van der Waals surface area contributed by atoms with E-state index in [-0.39, 0.29) is 24.5 Å². The summed E-state index contributed by atoms with van der Waals surface area (Å²) in [5.41, 5.74) is 0. The van der Waals surface area contributed by atoms with E-state index in [0.29, 0.717) is 6.61 Å². The van der Waals surface area contributed by atoms with Crippen molar-refractivity contribution in [3.63, 3.8) is 0 Å². The van der Waals surface area contributed by atoms with Gasteiger partial charge in [0.25, 0.3) is 0 Å². The van der Waals surface area contributed by atoms with Crippen molar-refractivity contribution in [2.45, 2.75) is 40.2 Å². The zero-order chi connectivity index (χ0) is 11.1. The summed E-state index contributed by atoms with van der Waals surface area (Å²) >= 11 is 0. The summed E-state index contributed by atoms with van der Waals surface area (Å²) in [6.07, 6.45) is 0.799. The highest BCUT2D eigenvalue weighted by atomic mass is 16.5. The lowest BCUT2D eigenvalue weighted by Gasteiger charge is -2.23. The van der Waals surface area contributed by atoms with Crippen LogP contribution >= 0.6 is 0 Å². The van der Waals surface area contributed by atoms with Gasteiger partial charge >= 0.3 is 5.97 Å². The maximum absolute atomic E-state index is 11.2. The monoisotopic (exact) mass is 201 g/mol. The van der Waals surface area contributed by atoms with Crippen LogP contribution in [-0.2, 0) is 14.3 Å². The van der Waals surface area contributed by atoms with Gasteiger partial charge in [-0.1, -0.05) is 6.92 Å². The molecule has 0 fully saturated rings. The minimum absolute atomic E-state index is 0.0293. The van der Waals surface area contributed by atoms with E-state index < -0.39 is 0 Å². The van der Waals surface area contributed by atoms with E-state index in [1.165, 1.54) is 11.8 Å². The molecule has 0 spiro atoms. The lowest BCUT2D eigenvalue weighted by Crippen LogP contribution is -2.39. The van der Waals surface area contributed by atoms with Crippen LogP contribution in [0.25, 0.3) is 0 Å². The van der Waals surface area contributed by atoms with E-state index in [4.69, 9.17) is 4.74 Å². The highest BCUT2D eigenvalue weighted by molar-refractivity contribution is 5.80. The van der Waals surface area contributed by atoms with Crippen LogP contribution in [0.4, 0.5) is 0 Å². The topological polar surface area (TPSA) is 46.6 Å². The largest absolute Gasteiger partial charge is 0.464 e. The molecule has 0 aliphatic carbocycles. The predicted molar refractivity (Wildman–Crippen MR) is 53.8 cm³/mol. The minimum Gasteiger partial charge on any atom is -0.464 e. The van der Waals surface area contributed by atoms with E-state index in [1.54, 1.807) is 0 Å². The molecule has 0 aromatic carbocycles. The molecule has 0 unspecified atom stereocenters. The molecule has 0 N–H and O–H groups in total. The highest BCUT2D eigenvalue weighted by Crippen LogP contribution is 1.99. The predicted octanol–water partition coefficient (Wildman–Crippen LogP) is 1.20. The van der Waals surface area contributed by atoms with Crippen molar-refractivity contribution in [3.05, 3.63) is 0 Å². The maximum atomic E-state index is 11.2. The van der Waals surface area contributed by atoms with Crippen molar-refractivity contribution >= 4 is 11.9 Å². The molecular weight excluding hydrogens is 182 g/mol. The average Bonchev–Trinajstić information content (AvgIpc) is 2.09. The van der Waals surface area contributed by atoms with E-state index in [9.17, 15) is 9.59 Å². The maximum Gasteiger partial charge on any atom is 0.325 e. The van der Waals surface area contributed by atoms with Crippen LogP contribution in [-0.4, -0.2) is 36.0 Å². The molecule has 0 aromatic rings. The Morgan fingerprint density at radius 3 is 2.29 bits per heavy atom. The summed E-state index contributed by atoms with van der Waals surface area (Å²) in [7, 11) is 0. The summed E-state index contributed by atoms with van der Waals surface area (Å²) in [5, 5.41) is 0. The normalized spacial score (nSPS) is 10.1. The first-order chi connectivity index (χ1) is 6.49. The molecule has 4 heteroatoms. The standard InChI is InChI=1S/C10H19NO3/c1-5-6-14-10(13)7-11(8(2)3)9(4)12/h8H,5-7H2,1-4H3. The Morgan fingerprint density at radius 2 is 1.93 bits per heavy atom. The third kappa shape index (κ3) is 4.84. The van der Waals surface area contributed by atoms with E-state index >= 15 is 0 Å². The highest BCUT2D eigenvalue weighted by Gasteiger charge is 2.16. The number of hydrogen-bond donors (Lipinski definition) is 0. The van der Waals surface area contributed by atoms with Crippen molar-refractivity contribution in [1.82, 2.24) is 4.90 Å². The van der Waals surface area contributed by atoms with Crippen LogP contribution in [0.2, 0.25) is 0 Å². The van der Waals surface area contributed by atoms with Crippen molar-refractivity contribution in [2.24, 2.45) is 0 Å². The van der Waals surface area contributed by atoms with Gasteiger partial charge in [0.2, 0.25) is 5.91 Å². The van der Waals surface area contributed by atoms with E-state index in [2.05, 4.69) is 0 Å². The van der Waals surface area contributed by atoms with Crippen LogP contribution in [0, 0.1) is 0 Å². The number of esters is 1. The molecule has 0 heterocycles. The Balaban J connectivity index is 4.04. The van der Waals surface area contributed by atoms with Crippen LogP contribution in [0.1, 0.15) is 34.1 Å². The van der Waals surface area contributed by atoms with Gasteiger partial charge in [-0.15, -0.1) is 0 Å². The molecule has 0 aliphatic heterocycles. The second-order valence-corrected chi connectivity index (χ2v) is 3.46. The zero-order valence-corrected chi connectivity index (χ0v) is 9.37. The van der Waals surface area contributed by atoms with Gasteiger partial charge in [-0.25, -0.2) is 0 Å². The second-order valence-electron chi connectivity index (χ2n) is 3.46. The Bertz CT molecular complexity index is 202. The first-order valence-electron chi connectivity index (χ1n) is 4.91. The number of amides is 1. The van der Waals surface area contributed by atoms with Gasteiger partial charge in [0.05, 0.1) is 6.61 Å². The third-order valence-electron chi connectivity index (χ3n) is 1.79. The van der Waals surface area contributed by atoms with E-state index in [1.807, 2.05) is 20.8 Å². The molecule has 0 aromatic heterocycles. The first kappa shape index (κ1) is 12.9. The van der Waals surface area contributed by atoms with Crippen molar-refractivity contribution in [3.8, 4) is 0 Å². The molecule has 4 nitrogen and oxygen atoms in total. The molecule has 14 heavy (non-hydrogen) atoms. The van der Waals surface area contributed by atoms with Gasteiger partial charge in [-0.3, -0.25) is 9.59 Å². The molecule has 0 saturated heterocycles. The smallest absolute Gasteiger partial charge is 0.325 e. The molecular formula is C10H19NO3. The molecule has 1 amide bonds. The third-order valence-corrected chi connectivity index (χ3v) is 1.79. The number of nitrogens with zero attached hydrogens (tertiary/aromatic N) is 1. The molecule has 0 atom stereocenters. The molecule has 82 valence electrons. The van der Waals surface area contributed by atoms with Crippen molar-refractivity contribution < 1.29 is 14.3 Å². The fraction of sp³-hybridized carbons (Fsp3) is 0.800. The zero-order valence-electron chi connectivity index (χ0n) is 9.37. The summed E-state index contributed by atoms with van der Waals surface area (Å²) in [5.74, 6) is -0.441. The Hall–Kier alpha value is -1.06. The van der Waals surface area contributed by atoms with Gasteiger partial charge in [0.1, 0.15) is 6.54 Å². The minimum atomic E-state index is -0.337. The van der Waals surface area contributed by atoms with Crippen LogP contribution in [0.3, 0.4) is 0 Å². The molecule has 0 saturated carbocycles. The van der Waals surface area contributed by atoms with E-state index in [0.717, 1.165) is 6.42 Å². The number of carbonyl (C=O) groups excluding carboxylic acids is 2. The quantitative estimate of drug-likeness (QED) is 0.628. The van der Waals surface area contributed by atoms with Crippen molar-refractivity contribution in [1.29, 1.82) is 0 Å². The van der Waals surface area contributed by atoms with Crippen LogP contribution in [0.5, 0.6) is 0 Å². The Kier molecular flexibility index (Phi) is 5.92. The summed E-state index contributed by atoms with van der Waals surface area (Å²) < 4.78 is 4.89. The van der Waals surface area contributed by atoms with Crippen molar-refractivity contribution in [2.75, 3.05) is 13.2 Å². The molecule has 0 bridgehead atoms. The number of carbonyl (C=O) groups is 2. The second kappa shape index (κ2) is 6.40. The molecule has 0 rings (SSSR count). The van der Waals surface area contributed by atoms with Crippen LogP contribution < -0.4 is 0 Å². The SMILES string of the molecule is CCCOC(=O)CN(C(C)=O)C(C)C. The van der Waals surface area contributed by atoms with Crippen LogP contribution in [0.15, 0.2) is 0 Å². The lowest BCUT2D eigenvalue weighted by molar-refractivity contribution is -0.149. The number of hydrogen-bond acceptors (Lipinski definition) is 3. The van der Waals surface area contributed by atoms with Gasteiger partial charge in [0.15, 0.2) is 0 Å². The fourth-order valence-electron chi connectivity index (χ4n) is 1.06. The van der Waals surface area contributed by atoms with Gasteiger partial charge < -0.3 is 9.64 Å². The summed E-state index contributed by atoms with van der Waals surface area (Å²) in [6, 6.07) is 0.0293. The summed E-state index contributed by atoms with van der Waals surface area (Å²) in [6.45, 7) is 7.59. The van der Waals surface area contributed by atoms with Gasteiger partial charge in [-0.2, -0.15) is 0 Å². The Morgan fingerprint density at radius 1 is 1.36 bits per heavy atom. The average molecular weight is 201 g/mol. The molecule has 0 radical (unpaired) electrons. The van der Waals surface area contributed by atoms with Gasteiger partial charge in [0, 0.05) is 13.0 Å². The Labute approximate surface area is 85.2 Å². The lowest BCUT2D eigenvalue weighted by atomic mass is 10.3. The molecule has 0 aliphatic rings. The van der Waals surface area contributed by atoms with Gasteiger partial charge in [-0.05, 0) is 20.3 Å². The number of rotatable bonds is 5. The summed E-state index contributed by atoms with van der Waals surface area (Å²) in [4.78, 5) is 23.8. The number of ether oxygens (including phenoxy) is 1.